The maximum absolute atomic E-state index is 13.8. The van der Waals surface area contributed by atoms with Crippen LogP contribution in [0.25, 0.3) is 0 Å². The smallest absolute Gasteiger partial charge is 0.305 e. The van der Waals surface area contributed by atoms with E-state index in [4.69, 9.17) is 5.11 Å². The number of carbonyl (C=O) groups is 4. The van der Waals surface area contributed by atoms with E-state index in [0.717, 1.165) is 5.56 Å². The molecule has 0 radical (unpaired) electrons. The summed E-state index contributed by atoms with van der Waals surface area (Å²) in [4.78, 5) is 52.4. The Morgan fingerprint density at radius 2 is 1.68 bits per heavy atom. The first-order valence-electron chi connectivity index (χ1n) is 11.5. The second kappa shape index (κ2) is 12.5. The van der Waals surface area contributed by atoms with Gasteiger partial charge in [0.15, 0.2) is 23.2 Å². The van der Waals surface area contributed by atoms with Crippen molar-refractivity contribution in [2.24, 2.45) is 0 Å². The van der Waals surface area contributed by atoms with E-state index in [1.807, 2.05) is 30.3 Å². The lowest BCUT2D eigenvalue weighted by molar-refractivity contribution is -0.142. The SMILES string of the molecule is CC(C(=O)NC(CC(=O)O)C(=O)COc1c(F)c(F)cc(F)c1F)N1CCN(Cc2ccccc2)C(=O)C1. The van der Waals surface area contributed by atoms with E-state index >= 15 is 0 Å². The molecular formula is C25H25F4N3O6. The van der Waals surface area contributed by atoms with Crippen molar-refractivity contribution in [3.05, 3.63) is 65.2 Å². The lowest BCUT2D eigenvalue weighted by Crippen LogP contribution is -2.57. The van der Waals surface area contributed by atoms with Crippen molar-refractivity contribution in [1.29, 1.82) is 0 Å². The molecule has 1 saturated heterocycles. The molecule has 2 aromatic rings. The van der Waals surface area contributed by atoms with Crippen LogP contribution >= 0.6 is 0 Å². The molecule has 0 saturated carbocycles. The second-order valence-corrected chi connectivity index (χ2v) is 8.66. The summed E-state index contributed by atoms with van der Waals surface area (Å²) < 4.78 is 58.9. The molecule has 2 atom stereocenters. The standard InChI is InChI=1S/C25H25F4N3O6/c1-14(31-7-8-32(20(34)12-31)11-15-5-3-2-4-6-15)25(37)30-18(10-21(35)36)19(33)13-38-24-22(28)16(26)9-17(27)23(24)29/h2-6,9,14,18H,7-8,10-13H2,1H3,(H,30,37)(H,35,36). The first kappa shape index (κ1) is 28.6. The summed E-state index contributed by atoms with van der Waals surface area (Å²) >= 11 is 0. The van der Waals surface area contributed by atoms with Crippen molar-refractivity contribution in [2.75, 3.05) is 26.2 Å². The summed E-state index contributed by atoms with van der Waals surface area (Å²) in [5, 5.41) is 11.4. The fraction of sp³-hybridized carbons (Fsp3) is 0.360. The third kappa shape index (κ3) is 7.06. The number of amides is 2. The molecule has 2 amide bonds. The van der Waals surface area contributed by atoms with E-state index in [-0.39, 0.29) is 18.5 Å². The molecular weight excluding hydrogens is 514 g/mol. The average molecular weight is 539 g/mol. The van der Waals surface area contributed by atoms with Gasteiger partial charge in [-0.05, 0) is 12.5 Å². The number of hydrogen-bond acceptors (Lipinski definition) is 6. The Hall–Kier alpha value is -4.00. The van der Waals surface area contributed by atoms with Gasteiger partial charge in [0.05, 0.1) is 19.0 Å². The monoisotopic (exact) mass is 539 g/mol. The topological polar surface area (TPSA) is 116 Å². The van der Waals surface area contributed by atoms with Crippen molar-refractivity contribution in [2.45, 2.75) is 32.0 Å². The van der Waals surface area contributed by atoms with Gasteiger partial charge in [0.1, 0.15) is 12.6 Å². The molecule has 3 rings (SSSR count). The minimum Gasteiger partial charge on any atom is -0.481 e. The Morgan fingerprint density at radius 3 is 2.26 bits per heavy atom. The number of benzene rings is 2. The molecule has 0 aliphatic carbocycles. The Labute approximate surface area is 215 Å². The maximum atomic E-state index is 13.8. The van der Waals surface area contributed by atoms with Crippen LogP contribution in [0.4, 0.5) is 17.6 Å². The predicted octanol–water partition coefficient (Wildman–Crippen LogP) is 1.88. The fourth-order valence-corrected chi connectivity index (χ4v) is 3.83. The summed E-state index contributed by atoms with van der Waals surface area (Å²) in [5.41, 5.74) is 0.943. The molecule has 9 nitrogen and oxygen atoms in total. The van der Waals surface area contributed by atoms with Gasteiger partial charge in [-0.2, -0.15) is 8.78 Å². The van der Waals surface area contributed by atoms with Crippen LogP contribution in [0.3, 0.4) is 0 Å². The lowest BCUT2D eigenvalue weighted by Gasteiger charge is -2.37. The van der Waals surface area contributed by atoms with Gasteiger partial charge in [-0.3, -0.25) is 24.1 Å². The third-order valence-corrected chi connectivity index (χ3v) is 6.01. The van der Waals surface area contributed by atoms with Gasteiger partial charge >= 0.3 is 5.97 Å². The number of ether oxygens (including phenoxy) is 1. The molecule has 13 heteroatoms. The molecule has 1 aliphatic heterocycles. The van der Waals surface area contributed by atoms with E-state index in [1.165, 1.54) is 6.92 Å². The van der Waals surface area contributed by atoms with Crippen molar-refractivity contribution in [1.82, 2.24) is 15.1 Å². The number of aliphatic carboxylic acids is 1. The zero-order valence-electron chi connectivity index (χ0n) is 20.3. The minimum absolute atomic E-state index is 0.0412. The van der Waals surface area contributed by atoms with Gasteiger partial charge < -0.3 is 20.1 Å². The van der Waals surface area contributed by atoms with Crippen molar-refractivity contribution in [3.8, 4) is 5.75 Å². The highest BCUT2D eigenvalue weighted by molar-refractivity contribution is 5.94. The van der Waals surface area contributed by atoms with Crippen LogP contribution in [0.5, 0.6) is 5.75 Å². The molecule has 1 aliphatic rings. The van der Waals surface area contributed by atoms with Gasteiger partial charge in [-0.1, -0.05) is 30.3 Å². The van der Waals surface area contributed by atoms with E-state index in [0.29, 0.717) is 19.6 Å². The Kier molecular flexibility index (Phi) is 9.40. The summed E-state index contributed by atoms with van der Waals surface area (Å²) in [6.07, 6.45) is -0.896. The van der Waals surface area contributed by atoms with Crippen LogP contribution in [0.2, 0.25) is 0 Å². The molecule has 204 valence electrons. The first-order chi connectivity index (χ1) is 18.0. The van der Waals surface area contributed by atoms with Gasteiger partial charge in [-0.25, -0.2) is 8.78 Å². The molecule has 0 aromatic heterocycles. The van der Waals surface area contributed by atoms with E-state index < -0.39 is 71.8 Å². The van der Waals surface area contributed by atoms with E-state index in [9.17, 15) is 36.7 Å². The van der Waals surface area contributed by atoms with E-state index in [1.54, 1.807) is 9.80 Å². The number of halogens is 4. The van der Waals surface area contributed by atoms with Gasteiger partial charge in [0.25, 0.3) is 0 Å². The highest BCUT2D eigenvalue weighted by Crippen LogP contribution is 2.26. The Morgan fingerprint density at radius 1 is 1.05 bits per heavy atom. The Balaban J connectivity index is 1.60. The van der Waals surface area contributed by atoms with Crippen LogP contribution in [-0.4, -0.2) is 76.8 Å². The highest BCUT2D eigenvalue weighted by Gasteiger charge is 2.33. The van der Waals surface area contributed by atoms with Crippen LogP contribution in [-0.2, 0) is 25.7 Å². The molecule has 2 aromatic carbocycles. The number of piperazine rings is 1. The van der Waals surface area contributed by atoms with Crippen molar-refractivity contribution >= 4 is 23.6 Å². The highest BCUT2D eigenvalue weighted by atomic mass is 19.2. The second-order valence-electron chi connectivity index (χ2n) is 8.66. The fourth-order valence-electron chi connectivity index (χ4n) is 3.83. The number of ketones is 1. The van der Waals surface area contributed by atoms with Gasteiger partial charge in [-0.15, -0.1) is 0 Å². The maximum Gasteiger partial charge on any atom is 0.305 e. The summed E-state index contributed by atoms with van der Waals surface area (Å²) in [6, 6.07) is 6.67. The average Bonchev–Trinajstić information content (AvgIpc) is 2.88. The van der Waals surface area contributed by atoms with Crippen molar-refractivity contribution < 1.29 is 46.6 Å². The minimum atomic E-state index is -1.87. The lowest BCUT2D eigenvalue weighted by atomic mass is 10.1. The summed E-state index contributed by atoms with van der Waals surface area (Å²) in [6.45, 7) is 1.26. The van der Waals surface area contributed by atoms with Gasteiger partial charge in [0.2, 0.25) is 23.4 Å². The molecule has 2 unspecified atom stereocenters. The molecule has 2 N–H and O–H groups in total. The van der Waals surface area contributed by atoms with Crippen LogP contribution in [0.1, 0.15) is 18.9 Å². The molecule has 0 spiro atoms. The number of rotatable bonds is 11. The largest absolute Gasteiger partial charge is 0.481 e. The van der Waals surface area contributed by atoms with Crippen LogP contribution < -0.4 is 10.1 Å². The quantitative estimate of drug-likeness (QED) is 0.331. The first-order valence-corrected chi connectivity index (χ1v) is 11.5. The molecule has 1 heterocycles. The summed E-state index contributed by atoms with van der Waals surface area (Å²) in [7, 11) is 0. The van der Waals surface area contributed by atoms with Gasteiger partial charge in [0, 0.05) is 25.7 Å². The number of carboxylic acids is 1. The number of nitrogens with one attached hydrogen (secondary N) is 1. The zero-order chi connectivity index (χ0) is 28.0. The number of carbonyl (C=O) groups excluding carboxylic acids is 3. The normalized spacial score (nSPS) is 15.6. The Bertz CT molecular complexity index is 1190. The number of hydrogen-bond donors (Lipinski definition) is 2. The number of Topliss-reactive ketones (excluding diaryl/α,β-unsaturated/α-hetero) is 1. The summed E-state index contributed by atoms with van der Waals surface area (Å²) in [5.74, 6) is -12.3. The molecule has 1 fully saturated rings. The van der Waals surface area contributed by atoms with Crippen molar-refractivity contribution in [3.63, 3.8) is 0 Å². The molecule has 0 bridgehead atoms. The van der Waals surface area contributed by atoms with Crippen LogP contribution in [0, 0.1) is 23.3 Å². The van der Waals surface area contributed by atoms with Crippen LogP contribution in [0.15, 0.2) is 36.4 Å². The van der Waals surface area contributed by atoms with E-state index in [2.05, 4.69) is 10.1 Å². The zero-order valence-corrected chi connectivity index (χ0v) is 20.3. The predicted molar refractivity (Wildman–Crippen MR) is 124 cm³/mol. The number of carboxylic acid groups (broad SMARTS) is 1. The molecule has 38 heavy (non-hydrogen) atoms. The third-order valence-electron chi connectivity index (χ3n) is 6.01. The number of nitrogens with zero attached hydrogens (tertiary/aromatic N) is 2.